The minimum atomic E-state index is -0.0594. The van der Waals surface area contributed by atoms with Gasteiger partial charge in [0.25, 0.3) is 0 Å². The summed E-state index contributed by atoms with van der Waals surface area (Å²) in [5.74, 6) is 0.116. The van der Waals surface area contributed by atoms with Crippen molar-refractivity contribution in [3.8, 4) is 0 Å². The van der Waals surface area contributed by atoms with Crippen LogP contribution in [-0.2, 0) is 4.79 Å². The fraction of sp³-hybridized carbons (Fsp3) is 0.417. The monoisotopic (exact) mass is 301 g/mol. The molecule has 2 nitrogen and oxygen atoms in total. The summed E-state index contributed by atoms with van der Waals surface area (Å²) in [7, 11) is 0. The molecular formula is C12H13BrClNO. The molecule has 1 aliphatic rings. The summed E-state index contributed by atoms with van der Waals surface area (Å²) in [4.78, 5) is 13.5. The van der Waals surface area contributed by atoms with Crippen molar-refractivity contribution in [2.75, 3.05) is 11.4 Å². The van der Waals surface area contributed by atoms with Crippen molar-refractivity contribution in [2.24, 2.45) is 0 Å². The quantitative estimate of drug-likeness (QED) is 0.728. The number of amides is 1. The Kier molecular flexibility index (Phi) is 3.27. The molecule has 0 aromatic heterocycles. The normalized spacial score (nSPS) is 20.6. The van der Waals surface area contributed by atoms with E-state index in [4.69, 9.17) is 11.6 Å². The van der Waals surface area contributed by atoms with Crippen LogP contribution in [0.2, 0.25) is 0 Å². The SMILES string of the molecule is Cc1c(Br)ccc(N2CC(Cl)CC2=O)c1C. The highest BCUT2D eigenvalue weighted by Gasteiger charge is 2.30. The van der Waals surface area contributed by atoms with E-state index in [1.54, 1.807) is 4.90 Å². The number of anilines is 1. The van der Waals surface area contributed by atoms with E-state index in [-0.39, 0.29) is 11.3 Å². The summed E-state index contributed by atoms with van der Waals surface area (Å²) in [5, 5.41) is -0.0594. The topological polar surface area (TPSA) is 20.3 Å². The molecule has 0 N–H and O–H groups in total. The maximum Gasteiger partial charge on any atom is 0.228 e. The van der Waals surface area contributed by atoms with Gasteiger partial charge < -0.3 is 4.90 Å². The molecule has 1 aromatic carbocycles. The van der Waals surface area contributed by atoms with Crippen molar-refractivity contribution in [1.82, 2.24) is 0 Å². The van der Waals surface area contributed by atoms with E-state index in [0.717, 1.165) is 15.7 Å². The molecule has 16 heavy (non-hydrogen) atoms. The molecule has 1 atom stereocenters. The summed E-state index contributed by atoms with van der Waals surface area (Å²) in [6.07, 6.45) is 0.441. The highest BCUT2D eigenvalue weighted by molar-refractivity contribution is 9.10. The third-order valence-corrected chi connectivity index (χ3v) is 4.21. The van der Waals surface area contributed by atoms with Crippen molar-refractivity contribution in [1.29, 1.82) is 0 Å². The van der Waals surface area contributed by atoms with Crippen molar-refractivity contribution >= 4 is 39.1 Å². The van der Waals surface area contributed by atoms with Gasteiger partial charge in [0.1, 0.15) is 0 Å². The van der Waals surface area contributed by atoms with Gasteiger partial charge in [0, 0.05) is 23.1 Å². The molecule has 4 heteroatoms. The lowest BCUT2D eigenvalue weighted by Gasteiger charge is -2.20. The van der Waals surface area contributed by atoms with Crippen LogP contribution in [-0.4, -0.2) is 17.8 Å². The van der Waals surface area contributed by atoms with E-state index in [0.29, 0.717) is 13.0 Å². The molecule has 1 saturated heterocycles. The number of carbonyl (C=O) groups excluding carboxylic acids is 1. The number of hydrogen-bond acceptors (Lipinski definition) is 1. The van der Waals surface area contributed by atoms with E-state index >= 15 is 0 Å². The molecule has 1 fully saturated rings. The molecular weight excluding hydrogens is 289 g/mol. The highest BCUT2D eigenvalue weighted by Crippen LogP contribution is 2.31. The van der Waals surface area contributed by atoms with Gasteiger partial charge in [-0.05, 0) is 37.1 Å². The maximum absolute atomic E-state index is 11.8. The zero-order valence-electron chi connectivity index (χ0n) is 9.26. The first kappa shape index (κ1) is 11.9. The summed E-state index contributed by atoms with van der Waals surface area (Å²) in [6.45, 7) is 4.69. The average Bonchev–Trinajstić information content (AvgIpc) is 2.55. The van der Waals surface area contributed by atoms with E-state index in [9.17, 15) is 4.79 Å². The van der Waals surface area contributed by atoms with Gasteiger partial charge in [0.2, 0.25) is 5.91 Å². The highest BCUT2D eigenvalue weighted by atomic mass is 79.9. The Morgan fingerprint density at radius 2 is 2.06 bits per heavy atom. The van der Waals surface area contributed by atoms with Crippen molar-refractivity contribution in [3.63, 3.8) is 0 Å². The Hall–Kier alpha value is -0.540. The van der Waals surface area contributed by atoms with Crippen LogP contribution < -0.4 is 4.90 Å². The minimum Gasteiger partial charge on any atom is -0.311 e. The molecule has 1 aromatic rings. The van der Waals surface area contributed by atoms with E-state index in [2.05, 4.69) is 15.9 Å². The predicted molar refractivity (Wildman–Crippen MR) is 70.2 cm³/mol. The predicted octanol–water partition coefficient (Wildman–Crippen LogP) is 3.41. The average molecular weight is 303 g/mol. The van der Waals surface area contributed by atoms with Gasteiger partial charge in [-0.2, -0.15) is 0 Å². The molecule has 1 aliphatic heterocycles. The Bertz CT molecular complexity index is 447. The number of nitrogens with zero attached hydrogens (tertiary/aromatic N) is 1. The first-order valence-electron chi connectivity index (χ1n) is 5.21. The van der Waals surface area contributed by atoms with Gasteiger partial charge in [-0.25, -0.2) is 0 Å². The number of rotatable bonds is 1. The van der Waals surface area contributed by atoms with Crippen LogP contribution in [0.25, 0.3) is 0 Å². The smallest absolute Gasteiger partial charge is 0.228 e. The van der Waals surface area contributed by atoms with Crippen molar-refractivity contribution in [3.05, 3.63) is 27.7 Å². The number of carbonyl (C=O) groups is 1. The lowest BCUT2D eigenvalue weighted by atomic mass is 10.1. The zero-order valence-corrected chi connectivity index (χ0v) is 11.6. The molecule has 2 rings (SSSR count). The van der Waals surface area contributed by atoms with Gasteiger partial charge in [-0.15, -0.1) is 11.6 Å². The number of benzene rings is 1. The second-order valence-electron chi connectivity index (χ2n) is 4.12. The number of alkyl halides is 1. The Labute approximate surface area is 109 Å². The molecule has 0 spiro atoms. The standard InChI is InChI=1S/C12H13BrClNO/c1-7-8(2)11(4-3-10(7)13)15-6-9(14)5-12(15)16/h3-4,9H,5-6H2,1-2H3. The molecule has 0 aliphatic carbocycles. The summed E-state index contributed by atoms with van der Waals surface area (Å²) >= 11 is 9.49. The molecule has 0 radical (unpaired) electrons. The molecule has 0 saturated carbocycles. The van der Waals surface area contributed by atoms with Gasteiger partial charge in [-0.3, -0.25) is 4.79 Å². The second-order valence-corrected chi connectivity index (χ2v) is 5.59. The summed E-state index contributed by atoms with van der Waals surface area (Å²) in [5.41, 5.74) is 3.28. The van der Waals surface area contributed by atoms with E-state index in [1.165, 1.54) is 5.56 Å². The van der Waals surface area contributed by atoms with E-state index < -0.39 is 0 Å². The van der Waals surface area contributed by atoms with Crippen LogP contribution in [0.1, 0.15) is 17.5 Å². The fourth-order valence-electron chi connectivity index (χ4n) is 1.96. The van der Waals surface area contributed by atoms with Gasteiger partial charge >= 0.3 is 0 Å². The fourth-order valence-corrected chi connectivity index (χ4v) is 2.66. The largest absolute Gasteiger partial charge is 0.311 e. The number of halogens is 2. The molecule has 86 valence electrons. The van der Waals surface area contributed by atoms with Crippen LogP contribution >= 0.6 is 27.5 Å². The van der Waals surface area contributed by atoms with Crippen LogP contribution in [0.15, 0.2) is 16.6 Å². The Morgan fingerprint density at radius 1 is 1.38 bits per heavy atom. The molecule has 1 unspecified atom stereocenters. The zero-order chi connectivity index (χ0) is 11.9. The van der Waals surface area contributed by atoms with Crippen LogP contribution in [0.4, 0.5) is 5.69 Å². The minimum absolute atomic E-state index is 0.0594. The van der Waals surface area contributed by atoms with E-state index in [1.807, 2.05) is 26.0 Å². The first-order valence-corrected chi connectivity index (χ1v) is 6.43. The van der Waals surface area contributed by atoms with Crippen molar-refractivity contribution in [2.45, 2.75) is 25.6 Å². The van der Waals surface area contributed by atoms with Gasteiger partial charge in [0.15, 0.2) is 0 Å². The van der Waals surface area contributed by atoms with Crippen molar-refractivity contribution < 1.29 is 4.79 Å². The maximum atomic E-state index is 11.8. The third-order valence-electron chi connectivity index (χ3n) is 3.06. The van der Waals surface area contributed by atoms with Crippen LogP contribution in [0.3, 0.4) is 0 Å². The van der Waals surface area contributed by atoms with Gasteiger partial charge in [0.05, 0.1) is 5.38 Å². The summed E-state index contributed by atoms with van der Waals surface area (Å²) in [6, 6.07) is 3.95. The van der Waals surface area contributed by atoms with Crippen LogP contribution in [0.5, 0.6) is 0 Å². The molecule has 1 amide bonds. The lowest BCUT2D eigenvalue weighted by molar-refractivity contribution is -0.117. The molecule has 1 heterocycles. The first-order chi connectivity index (χ1) is 7.50. The lowest BCUT2D eigenvalue weighted by Crippen LogP contribution is -2.25. The van der Waals surface area contributed by atoms with Gasteiger partial charge in [-0.1, -0.05) is 15.9 Å². The summed E-state index contributed by atoms with van der Waals surface area (Å²) < 4.78 is 1.07. The third kappa shape index (κ3) is 1.98. The Morgan fingerprint density at radius 3 is 2.62 bits per heavy atom. The Balaban J connectivity index is 2.42. The van der Waals surface area contributed by atoms with Crippen LogP contribution in [0, 0.1) is 13.8 Å². The number of hydrogen-bond donors (Lipinski definition) is 0. The second kappa shape index (κ2) is 4.38. The molecule has 0 bridgehead atoms.